The number of hydrogen-bond acceptors (Lipinski definition) is 2. The van der Waals surface area contributed by atoms with Gasteiger partial charge in [-0.3, -0.25) is 4.98 Å². The van der Waals surface area contributed by atoms with Gasteiger partial charge < -0.3 is 9.67 Å². The molecular weight excluding hydrogens is 422 g/mol. The van der Waals surface area contributed by atoms with Crippen LogP contribution in [0.15, 0.2) is 60.9 Å². The number of nitrogens with zero attached hydrogens (tertiary/aromatic N) is 2. The number of benzene rings is 2. The van der Waals surface area contributed by atoms with Crippen LogP contribution in [0.25, 0.3) is 10.9 Å². The Kier molecular flexibility index (Phi) is 5.67. The molecule has 2 aromatic heterocycles. The third kappa shape index (κ3) is 4.51. The van der Waals surface area contributed by atoms with E-state index in [1.165, 1.54) is 18.2 Å². The van der Waals surface area contributed by atoms with Crippen LogP contribution in [-0.4, -0.2) is 20.6 Å². The van der Waals surface area contributed by atoms with E-state index < -0.39 is 17.6 Å². The van der Waals surface area contributed by atoms with Gasteiger partial charge in [0.1, 0.15) is 11.6 Å². The van der Waals surface area contributed by atoms with Crippen molar-refractivity contribution < 1.29 is 18.7 Å². The Bertz CT molecular complexity index is 1320. The SMILES string of the molecule is O=C(O)c1cc(C2CC2)cnc1CCCc1ccc2c(ccn2Cc2c(F)cccc2F)c1. The number of carboxylic acid groups (broad SMARTS) is 1. The average Bonchev–Trinajstić information content (AvgIpc) is 3.57. The van der Waals surface area contributed by atoms with Crippen LogP contribution in [-0.2, 0) is 19.4 Å². The summed E-state index contributed by atoms with van der Waals surface area (Å²) in [4.78, 5) is 16.1. The fourth-order valence-corrected chi connectivity index (χ4v) is 4.39. The van der Waals surface area contributed by atoms with E-state index >= 15 is 0 Å². The number of halogens is 2. The van der Waals surface area contributed by atoms with Gasteiger partial charge in [-0.1, -0.05) is 12.1 Å². The Morgan fingerprint density at radius 3 is 2.58 bits per heavy atom. The molecule has 2 aromatic carbocycles. The minimum absolute atomic E-state index is 0.0496. The van der Waals surface area contributed by atoms with Gasteiger partial charge in [0.25, 0.3) is 0 Å². The van der Waals surface area contributed by atoms with E-state index in [9.17, 15) is 18.7 Å². The minimum Gasteiger partial charge on any atom is -0.478 e. The second-order valence-electron chi connectivity index (χ2n) is 8.73. The Morgan fingerprint density at radius 1 is 1.06 bits per heavy atom. The predicted octanol–water partition coefficient (Wildman–Crippen LogP) is 6.11. The number of carbonyl (C=O) groups is 1. The van der Waals surface area contributed by atoms with Gasteiger partial charge in [0.15, 0.2) is 0 Å². The number of carboxylic acids is 1. The van der Waals surface area contributed by atoms with Crippen LogP contribution in [0.1, 0.15) is 57.9 Å². The zero-order chi connectivity index (χ0) is 22.9. The summed E-state index contributed by atoms with van der Waals surface area (Å²) in [7, 11) is 0. The van der Waals surface area contributed by atoms with Gasteiger partial charge in [0.05, 0.1) is 17.8 Å². The van der Waals surface area contributed by atoms with Gasteiger partial charge in [0, 0.05) is 23.5 Å². The van der Waals surface area contributed by atoms with E-state index in [1.807, 2.05) is 35.2 Å². The van der Waals surface area contributed by atoms with Crippen molar-refractivity contribution in [1.29, 1.82) is 0 Å². The third-order valence-electron chi connectivity index (χ3n) is 6.38. The molecule has 0 amide bonds. The molecule has 4 aromatic rings. The first kappa shape index (κ1) is 21.3. The first-order chi connectivity index (χ1) is 16.0. The number of aromatic carboxylic acids is 1. The number of fused-ring (bicyclic) bond motifs is 1. The van der Waals surface area contributed by atoms with Gasteiger partial charge in [-0.2, -0.15) is 0 Å². The van der Waals surface area contributed by atoms with Crippen molar-refractivity contribution in [3.05, 3.63) is 101 Å². The molecule has 0 saturated heterocycles. The minimum atomic E-state index is -0.922. The highest BCUT2D eigenvalue weighted by Gasteiger charge is 2.25. The second-order valence-corrected chi connectivity index (χ2v) is 8.73. The molecule has 0 aliphatic heterocycles. The molecule has 1 N–H and O–H groups in total. The number of aromatic nitrogens is 2. The summed E-state index contributed by atoms with van der Waals surface area (Å²) in [6.45, 7) is 0.127. The van der Waals surface area contributed by atoms with Crippen LogP contribution in [0.5, 0.6) is 0 Å². The molecule has 6 heteroatoms. The molecule has 0 spiro atoms. The molecule has 5 rings (SSSR count). The standard InChI is InChI=1S/C27H24F2N2O2/c28-23-4-2-5-24(29)22(23)16-31-12-11-19-13-17(7-10-26(19)31)3-1-6-25-21(27(32)33)14-20(15-30-25)18-8-9-18/h2,4-5,7,10-15,18H,1,3,6,8-9,16H2,(H,32,33). The lowest BCUT2D eigenvalue weighted by atomic mass is 10.0. The molecule has 1 aliphatic rings. The fraction of sp³-hybridized carbons (Fsp3) is 0.259. The molecule has 1 fully saturated rings. The van der Waals surface area contributed by atoms with Crippen molar-refractivity contribution >= 4 is 16.9 Å². The van der Waals surface area contributed by atoms with Crippen LogP contribution < -0.4 is 0 Å². The fourth-order valence-electron chi connectivity index (χ4n) is 4.39. The molecule has 168 valence electrons. The van der Waals surface area contributed by atoms with E-state index in [0.29, 0.717) is 23.6 Å². The van der Waals surface area contributed by atoms with Crippen LogP contribution in [0.2, 0.25) is 0 Å². The Hall–Kier alpha value is -3.54. The van der Waals surface area contributed by atoms with Crippen molar-refractivity contribution in [3.63, 3.8) is 0 Å². The zero-order valence-corrected chi connectivity index (χ0v) is 18.1. The monoisotopic (exact) mass is 446 g/mol. The largest absolute Gasteiger partial charge is 0.478 e. The van der Waals surface area contributed by atoms with Gasteiger partial charge in [-0.05, 0) is 90.9 Å². The molecule has 1 aliphatic carbocycles. The van der Waals surface area contributed by atoms with Gasteiger partial charge in [0.2, 0.25) is 0 Å². The summed E-state index contributed by atoms with van der Waals surface area (Å²) in [5.41, 5.74) is 4.06. The Balaban J connectivity index is 1.27. The van der Waals surface area contributed by atoms with Crippen LogP contribution >= 0.6 is 0 Å². The zero-order valence-electron chi connectivity index (χ0n) is 18.1. The summed E-state index contributed by atoms with van der Waals surface area (Å²) in [5, 5.41) is 10.6. The number of pyridine rings is 1. The van der Waals surface area contributed by atoms with Gasteiger partial charge >= 0.3 is 5.97 Å². The highest BCUT2D eigenvalue weighted by molar-refractivity contribution is 5.89. The highest BCUT2D eigenvalue weighted by atomic mass is 19.1. The number of hydrogen-bond donors (Lipinski definition) is 1. The first-order valence-corrected chi connectivity index (χ1v) is 11.2. The van der Waals surface area contributed by atoms with Gasteiger partial charge in [-0.25, -0.2) is 13.6 Å². The average molecular weight is 446 g/mol. The molecule has 33 heavy (non-hydrogen) atoms. The van der Waals surface area contributed by atoms with Crippen molar-refractivity contribution in [1.82, 2.24) is 9.55 Å². The summed E-state index contributed by atoms with van der Waals surface area (Å²) in [5.74, 6) is -1.55. The molecule has 0 bridgehead atoms. The van der Waals surface area contributed by atoms with E-state index in [-0.39, 0.29) is 12.1 Å². The maximum absolute atomic E-state index is 14.0. The molecule has 0 unspecified atom stereocenters. The topological polar surface area (TPSA) is 55.1 Å². The van der Waals surface area contributed by atoms with E-state index in [0.717, 1.165) is 47.7 Å². The molecule has 0 radical (unpaired) electrons. The van der Waals surface area contributed by atoms with Crippen molar-refractivity contribution in [2.24, 2.45) is 0 Å². The predicted molar refractivity (Wildman–Crippen MR) is 123 cm³/mol. The van der Waals surface area contributed by atoms with E-state index in [1.54, 1.807) is 6.07 Å². The normalized spacial score (nSPS) is 13.5. The Labute approximate surface area is 190 Å². The summed E-state index contributed by atoms with van der Waals surface area (Å²) >= 11 is 0. The van der Waals surface area contributed by atoms with Crippen LogP contribution in [0.3, 0.4) is 0 Å². The number of rotatable bonds is 8. The molecule has 4 nitrogen and oxygen atoms in total. The molecular formula is C27H24F2N2O2. The third-order valence-corrected chi connectivity index (χ3v) is 6.38. The quantitative estimate of drug-likeness (QED) is 0.355. The lowest BCUT2D eigenvalue weighted by Gasteiger charge is -2.09. The van der Waals surface area contributed by atoms with E-state index in [2.05, 4.69) is 11.1 Å². The summed E-state index contributed by atoms with van der Waals surface area (Å²) in [6.07, 6.45) is 8.05. The van der Waals surface area contributed by atoms with Crippen molar-refractivity contribution in [2.45, 2.75) is 44.6 Å². The number of aryl methyl sites for hydroxylation is 2. The molecule has 1 saturated carbocycles. The van der Waals surface area contributed by atoms with Crippen LogP contribution in [0.4, 0.5) is 8.78 Å². The van der Waals surface area contributed by atoms with E-state index in [4.69, 9.17) is 0 Å². The molecule has 0 atom stereocenters. The maximum Gasteiger partial charge on any atom is 0.337 e. The molecule has 2 heterocycles. The smallest absolute Gasteiger partial charge is 0.337 e. The maximum atomic E-state index is 14.0. The van der Waals surface area contributed by atoms with Crippen LogP contribution in [0, 0.1) is 11.6 Å². The Morgan fingerprint density at radius 2 is 1.85 bits per heavy atom. The first-order valence-electron chi connectivity index (χ1n) is 11.2. The summed E-state index contributed by atoms with van der Waals surface area (Å²) in [6, 6.07) is 13.7. The second kappa shape index (κ2) is 8.77. The van der Waals surface area contributed by atoms with Crippen molar-refractivity contribution in [2.75, 3.05) is 0 Å². The highest BCUT2D eigenvalue weighted by Crippen LogP contribution is 2.40. The van der Waals surface area contributed by atoms with Gasteiger partial charge in [-0.15, -0.1) is 0 Å². The lowest BCUT2D eigenvalue weighted by Crippen LogP contribution is -2.07. The van der Waals surface area contributed by atoms with Crippen molar-refractivity contribution in [3.8, 4) is 0 Å². The lowest BCUT2D eigenvalue weighted by molar-refractivity contribution is 0.0695. The summed E-state index contributed by atoms with van der Waals surface area (Å²) < 4.78 is 29.9.